The lowest BCUT2D eigenvalue weighted by molar-refractivity contribution is 0.0833. The number of ether oxygens (including phenoxy) is 2. The molecule has 34 heavy (non-hydrogen) atoms. The summed E-state index contributed by atoms with van der Waals surface area (Å²) in [5.74, 6) is 6.98. The SMILES string of the molecule is C=C(O/C(=N\N)NCC1CC=CC(c2ccccc2)C1)C1=CC(OC)C(N2C=C(C)NC2)C=C1. The summed E-state index contributed by atoms with van der Waals surface area (Å²) in [5.41, 5.74) is 3.34. The van der Waals surface area contributed by atoms with Crippen LogP contribution in [-0.2, 0) is 9.47 Å². The van der Waals surface area contributed by atoms with E-state index in [4.69, 9.17) is 15.3 Å². The Morgan fingerprint density at radius 2 is 2.12 bits per heavy atom. The van der Waals surface area contributed by atoms with Gasteiger partial charge in [0, 0.05) is 37.0 Å². The van der Waals surface area contributed by atoms with Crippen molar-refractivity contribution in [2.75, 3.05) is 20.3 Å². The quantitative estimate of drug-likeness (QED) is 0.143. The van der Waals surface area contributed by atoms with Crippen molar-refractivity contribution in [1.29, 1.82) is 0 Å². The van der Waals surface area contributed by atoms with Crippen molar-refractivity contribution < 1.29 is 9.47 Å². The molecule has 0 spiro atoms. The van der Waals surface area contributed by atoms with Gasteiger partial charge in [0.1, 0.15) is 11.9 Å². The number of benzene rings is 1. The van der Waals surface area contributed by atoms with E-state index < -0.39 is 0 Å². The Labute approximate surface area is 202 Å². The monoisotopic (exact) mass is 461 g/mol. The van der Waals surface area contributed by atoms with E-state index in [1.807, 2.05) is 12.2 Å². The highest BCUT2D eigenvalue weighted by atomic mass is 16.5. The van der Waals surface area contributed by atoms with E-state index in [0.29, 0.717) is 17.6 Å². The number of hydrazone groups is 1. The van der Waals surface area contributed by atoms with Crippen LogP contribution in [0.5, 0.6) is 0 Å². The Kier molecular flexibility index (Phi) is 7.75. The third-order valence-electron chi connectivity index (χ3n) is 6.56. The van der Waals surface area contributed by atoms with E-state index in [1.54, 1.807) is 7.11 Å². The minimum Gasteiger partial charge on any atom is -0.425 e. The standard InChI is InChI=1S/C27H35N5O2/c1-19-17-32(18-30-19)25-13-12-23(15-26(25)33-3)20(2)34-27(31-28)29-16-21-8-7-11-24(14-21)22-9-5-4-6-10-22/h4-7,9-13,15,17,21,24-26,30H,2,8,14,16,18,28H2,1,3H3,(H,29,31). The lowest BCUT2D eigenvalue weighted by atomic mass is 9.82. The lowest BCUT2D eigenvalue weighted by Gasteiger charge is -2.32. The van der Waals surface area contributed by atoms with Crippen LogP contribution in [0.4, 0.5) is 0 Å². The highest BCUT2D eigenvalue weighted by Crippen LogP contribution is 2.31. The Morgan fingerprint density at radius 3 is 2.82 bits per heavy atom. The predicted octanol–water partition coefficient (Wildman–Crippen LogP) is 3.69. The van der Waals surface area contributed by atoms with Crippen molar-refractivity contribution in [2.45, 2.75) is 37.8 Å². The highest BCUT2D eigenvalue weighted by Gasteiger charge is 2.28. The molecule has 0 radical (unpaired) electrons. The van der Waals surface area contributed by atoms with Gasteiger partial charge in [-0.2, -0.15) is 0 Å². The topological polar surface area (TPSA) is 84.1 Å². The zero-order valence-corrected chi connectivity index (χ0v) is 20.0. The number of amidine groups is 1. The number of rotatable bonds is 7. The summed E-state index contributed by atoms with van der Waals surface area (Å²) in [6, 6.07) is 11.0. The molecular formula is C27H35N5O2. The van der Waals surface area contributed by atoms with Crippen LogP contribution in [0.2, 0.25) is 0 Å². The van der Waals surface area contributed by atoms with E-state index in [9.17, 15) is 0 Å². The first-order chi connectivity index (χ1) is 16.6. The first kappa shape index (κ1) is 23.7. The fraction of sp³-hybridized carbons (Fsp3) is 0.370. The van der Waals surface area contributed by atoms with E-state index in [2.05, 4.69) is 88.9 Å². The molecule has 180 valence electrons. The number of nitrogens with two attached hydrogens (primary N) is 1. The maximum atomic E-state index is 5.90. The van der Waals surface area contributed by atoms with Gasteiger partial charge in [0.05, 0.1) is 12.7 Å². The summed E-state index contributed by atoms with van der Waals surface area (Å²) < 4.78 is 11.6. The van der Waals surface area contributed by atoms with Crippen molar-refractivity contribution in [1.82, 2.24) is 15.5 Å². The maximum absolute atomic E-state index is 5.90. The third kappa shape index (κ3) is 5.72. The molecule has 3 aliphatic rings. The predicted molar refractivity (Wildman–Crippen MR) is 136 cm³/mol. The molecule has 0 bridgehead atoms. The van der Waals surface area contributed by atoms with Gasteiger partial charge >= 0.3 is 6.02 Å². The number of nitrogens with one attached hydrogen (secondary N) is 2. The van der Waals surface area contributed by atoms with Crippen LogP contribution in [0.15, 0.2) is 95.6 Å². The highest BCUT2D eigenvalue weighted by molar-refractivity contribution is 5.75. The molecular weight excluding hydrogens is 426 g/mol. The van der Waals surface area contributed by atoms with Gasteiger partial charge in [0.2, 0.25) is 0 Å². The first-order valence-corrected chi connectivity index (χ1v) is 11.8. The van der Waals surface area contributed by atoms with Crippen molar-refractivity contribution in [3.63, 3.8) is 0 Å². The summed E-state index contributed by atoms with van der Waals surface area (Å²) in [4.78, 5) is 2.21. The van der Waals surface area contributed by atoms with E-state index in [1.165, 1.54) is 5.56 Å². The molecule has 2 aliphatic carbocycles. The molecule has 0 amide bonds. The van der Waals surface area contributed by atoms with Crippen molar-refractivity contribution >= 4 is 6.02 Å². The third-order valence-corrected chi connectivity index (χ3v) is 6.56. The Bertz CT molecular complexity index is 1010. The second kappa shape index (κ2) is 11.1. The normalized spacial score (nSPS) is 26.5. The Balaban J connectivity index is 1.30. The van der Waals surface area contributed by atoms with Crippen molar-refractivity contribution in [3.8, 4) is 0 Å². The van der Waals surface area contributed by atoms with Crippen molar-refractivity contribution in [3.05, 3.63) is 96.1 Å². The molecule has 0 aromatic heterocycles. The minimum absolute atomic E-state index is 0.101. The van der Waals surface area contributed by atoms with E-state index in [-0.39, 0.29) is 18.2 Å². The van der Waals surface area contributed by atoms with Crippen LogP contribution in [0.3, 0.4) is 0 Å². The smallest absolute Gasteiger partial charge is 0.311 e. The molecule has 7 heteroatoms. The molecule has 1 aromatic carbocycles. The Morgan fingerprint density at radius 1 is 1.29 bits per heavy atom. The van der Waals surface area contributed by atoms with Crippen LogP contribution in [0.25, 0.3) is 0 Å². The zero-order chi connectivity index (χ0) is 23.9. The summed E-state index contributed by atoms with van der Waals surface area (Å²) in [6.45, 7) is 7.63. The molecule has 0 fully saturated rings. The largest absolute Gasteiger partial charge is 0.425 e. The molecule has 0 saturated heterocycles. The van der Waals surface area contributed by atoms with E-state index >= 15 is 0 Å². The number of hydrogen-bond donors (Lipinski definition) is 3. The van der Waals surface area contributed by atoms with Gasteiger partial charge < -0.3 is 30.8 Å². The van der Waals surface area contributed by atoms with Gasteiger partial charge in [0.25, 0.3) is 0 Å². The Hall–Kier alpha value is -3.45. The fourth-order valence-corrected chi connectivity index (χ4v) is 4.68. The molecule has 1 heterocycles. The second-order valence-corrected chi connectivity index (χ2v) is 8.96. The van der Waals surface area contributed by atoms with Crippen LogP contribution in [-0.4, -0.2) is 43.4 Å². The molecule has 4 atom stereocenters. The molecule has 0 saturated carbocycles. The molecule has 7 nitrogen and oxygen atoms in total. The summed E-state index contributed by atoms with van der Waals surface area (Å²) in [6.07, 6.45) is 14.8. The van der Waals surface area contributed by atoms with Gasteiger partial charge in [-0.15, -0.1) is 5.10 Å². The number of allylic oxidation sites excluding steroid dienone is 4. The minimum atomic E-state index is -0.125. The van der Waals surface area contributed by atoms with E-state index in [0.717, 1.165) is 37.3 Å². The van der Waals surface area contributed by atoms with Gasteiger partial charge in [-0.3, -0.25) is 0 Å². The molecule has 4 rings (SSSR count). The average molecular weight is 462 g/mol. The van der Waals surface area contributed by atoms with Gasteiger partial charge in [-0.05, 0) is 37.3 Å². The van der Waals surface area contributed by atoms with Crippen LogP contribution < -0.4 is 16.5 Å². The van der Waals surface area contributed by atoms with Crippen LogP contribution in [0.1, 0.15) is 31.2 Å². The summed E-state index contributed by atoms with van der Waals surface area (Å²) in [7, 11) is 1.71. The number of hydrogen-bond acceptors (Lipinski definition) is 6. The molecule has 4 unspecified atom stereocenters. The van der Waals surface area contributed by atoms with Crippen molar-refractivity contribution in [2.24, 2.45) is 16.9 Å². The molecule has 1 aliphatic heterocycles. The van der Waals surface area contributed by atoms with Gasteiger partial charge in [-0.1, -0.05) is 61.2 Å². The second-order valence-electron chi connectivity index (χ2n) is 8.96. The number of nitrogens with zero attached hydrogens (tertiary/aromatic N) is 2. The maximum Gasteiger partial charge on any atom is 0.311 e. The zero-order valence-electron chi connectivity index (χ0n) is 20.0. The molecule has 1 aromatic rings. The van der Waals surface area contributed by atoms with Gasteiger partial charge in [0.15, 0.2) is 0 Å². The molecule has 4 N–H and O–H groups in total. The number of methoxy groups -OCH3 is 1. The average Bonchev–Trinajstić information content (AvgIpc) is 3.32. The summed E-state index contributed by atoms with van der Waals surface area (Å²) in [5, 5.41) is 10.4. The lowest BCUT2D eigenvalue weighted by Crippen LogP contribution is -2.41. The first-order valence-electron chi connectivity index (χ1n) is 11.8. The summed E-state index contributed by atoms with van der Waals surface area (Å²) >= 11 is 0. The van der Waals surface area contributed by atoms with Gasteiger partial charge in [-0.25, -0.2) is 0 Å². The van der Waals surface area contributed by atoms with Crippen LogP contribution in [0, 0.1) is 5.92 Å². The van der Waals surface area contributed by atoms with Crippen LogP contribution >= 0.6 is 0 Å². The fourth-order valence-electron chi connectivity index (χ4n) is 4.68.